The maximum absolute atomic E-state index is 12.8. The molecule has 0 fully saturated rings. The summed E-state index contributed by atoms with van der Waals surface area (Å²) in [5.41, 5.74) is 4.25. The fourth-order valence-electron chi connectivity index (χ4n) is 3.77. The van der Waals surface area contributed by atoms with Crippen molar-refractivity contribution in [1.82, 2.24) is 5.32 Å². The second-order valence-electron chi connectivity index (χ2n) is 6.36. The minimum absolute atomic E-state index is 0.110. The van der Waals surface area contributed by atoms with Crippen molar-refractivity contribution < 1.29 is 19.1 Å². The van der Waals surface area contributed by atoms with Crippen LogP contribution in [0.4, 0.5) is 5.69 Å². The van der Waals surface area contributed by atoms with Crippen molar-refractivity contribution in [3.63, 3.8) is 0 Å². The van der Waals surface area contributed by atoms with Gasteiger partial charge in [0.25, 0.3) is 5.91 Å². The molecule has 2 heterocycles. The summed E-state index contributed by atoms with van der Waals surface area (Å²) in [5, 5.41) is 7.26. The number of oxime groups is 1. The van der Waals surface area contributed by atoms with Gasteiger partial charge in [-0.15, -0.1) is 0 Å². The summed E-state index contributed by atoms with van der Waals surface area (Å²) in [4.78, 5) is 20.0. The van der Waals surface area contributed by atoms with Gasteiger partial charge in [0.15, 0.2) is 11.5 Å². The van der Waals surface area contributed by atoms with Crippen molar-refractivity contribution in [3.8, 4) is 11.5 Å². The zero-order chi connectivity index (χ0) is 19.0. The highest BCUT2D eigenvalue weighted by atomic mass is 16.6. The molecule has 140 valence electrons. The molecule has 0 saturated heterocycles. The Labute approximate surface area is 157 Å². The smallest absolute Gasteiger partial charge is 0.255 e. The van der Waals surface area contributed by atoms with E-state index in [4.69, 9.17) is 14.3 Å². The summed E-state index contributed by atoms with van der Waals surface area (Å²) >= 11 is 0. The predicted octanol–water partition coefficient (Wildman–Crippen LogP) is 2.71. The Bertz CT molecular complexity index is 925. The number of anilines is 1. The van der Waals surface area contributed by atoms with E-state index in [1.54, 1.807) is 14.2 Å². The van der Waals surface area contributed by atoms with E-state index < -0.39 is 0 Å². The molecule has 7 heteroatoms. The van der Waals surface area contributed by atoms with Gasteiger partial charge in [0, 0.05) is 18.5 Å². The number of benzene rings is 2. The summed E-state index contributed by atoms with van der Waals surface area (Å²) in [7, 11) is 4.74. The van der Waals surface area contributed by atoms with E-state index in [-0.39, 0.29) is 12.1 Å². The van der Waals surface area contributed by atoms with E-state index in [0.29, 0.717) is 23.6 Å². The second kappa shape index (κ2) is 6.83. The number of carbonyl (C=O) groups is 1. The first-order valence-corrected chi connectivity index (χ1v) is 8.70. The highest BCUT2D eigenvalue weighted by Gasteiger charge is 2.37. The van der Waals surface area contributed by atoms with Gasteiger partial charge in [-0.1, -0.05) is 23.4 Å². The Morgan fingerprint density at radius 1 is 1.07 bits per heavy atom. The van der Waals surface area contributed by atoms with Gasteiger partial charge in [-0.25, -0.2) is 0 Å². The molecule has 0 radical (unpaired) electrons. The molecule has 0 spiro atoms. The maximum atomic E-state index is 12.8. The lowest BCUT2D eigenvalue weighted by Crippen LogP contribution is -2.49. The SMILES string of the molecule is CO/N=C1\CCN2c3c(cccc31)C(=O)NC2c1ccc(OC)c(OC)c1. The number of amides is 1. The number of hydrogen-bond donors (Lipinski definition) is 1. The van der Waals surface area contributed by atoms with E-state index in [1.807, 2.05) is 36.4 Å². The van der Waals surface area contributed by atoms with Crippen LogP contribution >= 0.6 is 0 Å². The van der Waals surface area contributed by atoms with E-state index >= 15 is 0 Å². The normalized spacial score (nSPS) is 19.4. The first-order chi connectivity index (χ1) is 13.2. The van der Waals surface area contributed by atoms with Gasteiger partial charge in [-0.05, 0) is 23.8 Å². The van der Waals surface area contributed by atoms with Gasteiger partial charge in [-0.2, -0.15) is 0 Å². The highest BCUT2D eigenvalue weighted by Crippen LogP contribution is 2.41. The molecule has 2 aliphatic heterocycles. The van der Waals surface area contributed by atoms with Crippen LogP contribution in [-0.2, 0) is 4.84 Å². The lowest BCUT2D eigenvalue weighted by Gasteiger charge is -2.43. The van der Waals surface area contributed by atoms with Crippen LogP contribution in [-0.4, -0.2) is 39.5 Å². The number of hydrogen-bond acceptors (Lipinski definition) is 6. The summed E-state index contributed by atoms with van der Waals surface area (Å²) in [6, 6.07) is 11.4. The Morgan fingerprint density at radius 3 is 2.59 bits per heavy atom. The third kappa shape index (κ3) is 2.75. The fourth-order valence-corrected chi connectivity index (χ4v) is 3.77. The molecule has 2 aliphatic rings. The molecule has 1 N–H and O–H groups in total. The molecule has 0 aliphatic carbocycles. The minimum atomic E-state index is -0.296. The Balaban J connectivity index is 1.82. The van der Waals surface area contributed by atoms with Crippen molar-refractivity contribution >= 4 is 17.3 Å². The lowest BCUT2D eigenvalue weighted by atomic mass is 9.92. The van der Waals surface area contributed by atoms with Crippen LogP contribution in [0.5, 0.6) is 11.5 Å². The van der Waals surface area contributed by atoms with Crippen molar-refractivity contribution in [2.45, 2.75) is 12.6 Å². The topological polar surface area (TPSA) is 72.4 Å². The summed E-state index contributed by atoms with van der Waals surface area (Å²) in [6.07, 6.45) is 0.430. The van der Waals surface area contributed by atoms with Crippen LogP contribution in [0.2, 0.25) is 0 Å². The zero-order valence-corrected chi connectivity index (χ0v) is 15.5. The van der Waals surface area contributed by atoms with Crippen LogP contribution in [0.3, 0.4) is 0 Å². The van der Waals surface area contributed by atoms with Crippen LogP contribution < -0.4 is 19.7 Å². The number of nitrogens with one attached hydrogen (secondary N) is 1. The Kier molecular flexibility index (Phi) is 4.35. The number of ether oxygens (including phenoxy) is 2. The van der Waals surface area contributed by atoms with Crippen molar-refractivity contribution in [2.75, 3.05) is 32.8 Å². The first kappa shape index (κ1) is 17.2. The predicted molar refractivity (Wildman–Crippen MR) is 102 cm³/mol. The third-order valence-corrected chi connectivity index (χ3v) is 4.97. The lowest BCUT2D eigenvalue weighted by molar-refractivity contribution is 0.0926. The van der Waals surface area contributed by atoms with E-state index in [9.17, 15) is 4.79 Å². The monoisotopic (exact) mass is 367 g/mol. The molecule has 7 nitrogen and oxygen atoms in total. The molecule has 0 saturated carbocycles. The molecule has 2 aromatic carbocycles. The van der Waals surface area contributed by atoms with Gasteiger partial charge < -0.3 is 24.5 Å². The number of para-hydroxylation sites is 1. The van der Waals surface area contributed by atoms with Gasteiger partial charge >= 0.3 is 0 Å². The molecular formula is C20H21N3O4. The van der Waals surface area contributed by atoms with Gasteiger partial charge in [0.2, 0.25) is 0 Å². The average molecular weight is 367 g/mol. The molecule has 1 amide bonds. The minimum Gasteiger partial charge on any atom is -0.493 e. The highest BCUT2D eigenvalue weighted by molar-refractivity contribution is 6.13. The van der Waals surface area contributed by atoms with Crippen LogP contribution in [0.1, 0.15) is 34.1 Å². The molecule has 1 unspecified atom stereocenters. The second-order valence-corrected chi connectivity index (χ2v) is 6.36. The molecule has 0 aromatic heterocycles. The molecule has 1 atom stereocenters. The Morgan fingerprint density at radius 2 is 1.85 bits per heavy atom. The molecular weight excluding hydrogens is 346 g/mol. The third-order valence-electron chi connectivity index (χ3n) is 4.97. The quantitative estimate of drug-likeness (QED) is 0.842. The van der Waals surface area contributed by atoms with Crippen molar-refractivity contribution in [1.29, 1.82) is 0 Å². The van der Waals surface area contributed by atoms with Crippen LogP contribution in [0.15, 0.2) is 41.6 Å². The van der Waals surface area contributed by atoms with E-state index in [2.05, 4.69) is 15.4 Å². The largest absolute Gasteiger partial charge is 0.493 e. The molecule has 2 aromatic rings. The summed E-state index contributed by atoms with van der Waals surface area (Å²) < 4.78 is 10.8. The average Bonchev–Trinajstić information content (AvgIpc) is 2.71. The Hall–Kier alpha value is -3.22. The van der Waals surface area contributed by atoms with Gasteiger partial charge in [0.05, 0.1) is 31.2 Å². The number of carbonyl (C=O) groups excluding carboxylic acids is 1. The number of nitrogens with zero attached hydrogens (tertiary/aromatic N) is 2. The van der Waals surface area contributed by atoms with Crippen molar-refractivity contribution in [3.05, 3.63) is 53.1 Å². The summed E-state index contributed by atoms with van der Waals surface area (Å²) in [6.45, 7) is 0.714. The molecule has 27 heavy (non-hydrogen) atoms. The van der Waals surface area contributed by atoms with Crippen molar-refractivity contribution in [2.24, 2.45) is 5.16 Å². The first-order valence-electron chi connectivity index (χ1n) is 8.70. The molecule has 4 rings (SSSR count). The van der Waals surface area contributed by atoms with E-state index in [1.165, 1.54) is 7.11 Å². The van der Waals surface area contributed by atoms with E-state index in [0.717, 1.165) is 28.9 Å². The number of rotatable bonds is 4. The van der Waals surface area contributed by atoms with Crippen LogP contribution in [0, 0.1) is 0 Å². The maximum Gasteiger partial charge on any atom is 0.255 e. The van der Waals surface area contributed by atoms with Crippen LogP contribution in [0.25, 0.3) is 0 Å². The summed E-state index contributed by atoms with van der Waals surface area (Å²) in [5.74, 6) is 1.17. The molecule has 0 bridgehead atoms. The fraction of sp³-hybridized carbons (Fsp3) is 0.300. The standard InChI is InChI=1S/C20H21N3O4/c1-25-16-8-7-12(11-17(16)26-2)19-21-20(24)14-6-4-5-13-15(22-27-3)9-10-23(19)18(13)14/h4-8,11,19H,9-10H2,1-3H3,(H,21,24)/b22-15+. The van der Waals surface area contributed by atoms with Gasteiger partial charge in [0.1, 0.15) is 13.3 Å². The van der Waals surface area contributed by atoms with Gasteiger partial charge in [-0.3, -0.25) is 4.79 Å². The zero-order valence-electron chi connectivity index (χ0n) is 15.5. The number of methoxy groups -OCH3 is 2.